The molecule has 14 nitrogen and oxygen atoms in total. The van der Waals surface area contributed by atoms with Gasteiger partial charge in [0.2, 0.25) is 5.91 Å². The molecule has 324 valence electrons. The third kappa shape index (κ3) is 7.89. The fourth-order valence-corrected chi connectivity index (χ4v) is 10.1. The number of esters is 4. The van der Waals surface area contributed by atoms with Gasteiger partial charge in [0.05, 0.1) is 24.1 Å². The van der Waals surface area contributed by atoms with Gasteiger partial charge in [0.1, 0.15) is 23.9 Å². The molecule has 60 heavy (non-hydrogen) atoms. The average molecular weight is 832 g/mol. The topological polar surface area (TPSA) is 201 Å². The number of carbonyl (C=O) groups excluding carboxylic acids is 6. The molecule has 2 aromatic carbocycles. The highest BCUT2D eigenvalue weighted by atomic mass is 16.6. The zero-order valence-corrected chi connectivity index (χ0v) is 35.7. The molecule has 0 aromatic heterocycles. The van der Waals surface area contributed by atoms with Crippen LogP contribution in [0, 0.1) is 22.2 Å². The maximum Gasteiger partial charge on any atom is 0.338 e. The number of amides is 1. The Bertz CT molecular complexity index is 2060. The Morgan fingerprint density at radius 1 is 0.917 bits per heavy atom. The number of aliphatic hydroxyl groups is 2. The van der Waals surface area contributed by atoms with E-state index in [4.69, 9.17) is 23.7 Å². The molecule has 3 aliphatic carbocycles. The number of hydrogen-bond donors (Lipinski definition) is 3. The van der Waals surface area contributed by atoms with Crippen molar-refractivity contribution in [1.82, 2.24) is 5.32 Å². The largest absolute Gasteiger partial charge is 0.456 e. The van der Waals surface area contributed by atoms with Crippen molar-refractivity contribution in [3.63, 3.8) is 0 Å². The van der Waals surface area contributed by atoms with Gasteiger partial charge in [-0.3, -0.25) is 19.2 Å². The Balaban J connectivity index is 1.52. The van der Waals surface area contributed by atoms with Gasteiger partial charge in [0.25, 0.3) is 0 Å². The fraction of sp³-hybridized carbons (Fsp3) is 0.565. The molecule has 14 heteroatoms. The molecule has 10 atom stereocenters. The second-order valence-corrected chi connectivity index (χ2v) is 18.7. The van der Waals surface area contributed by atoms with Crippen LogP contribution in [0.15, 0.2) is 71.8 Å². The summed E-state index contributed by atoms with van der Waals surface area (Å²) in [7, 11) is 0. The van der Waals surface area contributed by atoms with Crippen LogP contribution in [0.2, 0.25) is 0 Å². The second kappa shape index (κ2) is 16.2. The first-order valence-corrected chi connectivity index (χ1v) is 20.4. The molecule has 1 saturated heterocycles. The van der Waals surface area contributed by atoms with Crippen molar-refractivity contribution < 1.29 is 62.7 Å². The first-order valence-electron chi connectivity index (χ1n) is 20.4. The fourth-order valence-electron chi connectivity index (χ4n) is 10.1. The van der Waals surface area contributed by atoms with Crippen molar-refractivity contribution in [3.05, 3.63) is 82.9 Å². The average Bonchev–Trinajstić information content (AvgIpc) is 3.15. The van der Waals surface area contributed by atoms with Gasteiger partial charge in [-0.2, -0.15) is 0 Å². The normalized spacial score (nSPS) is 31.6. The van der Waals surface area contributed by atoms with Crippen molar-refractivity contribution in [3.8, 4) is 0 Å². The quantitative estimate of drug-likeness (QED) is 0.166. The van der Waals surface area contributed by atoms with E-state index in [-0.39, 0.29) is 42.6 Å². The Morgan fingerprint density at radius 2 is 1.53 bits per heavy atom. The van der Waals surface area contributed by atoms with Crippen LogP contribution in [-0.4, -0.2) is 94.1 Å². The molecule has 2 bridgehead atoms. The van der Waals surface area contributed by atoms with E-state index >= 15 is 4.79 Å². The monoisotopic (exact) mass is 831 g/mol. The molecular formula is C46H57NO13. The van der Waals surface area contributed by atoms with Crippen LogP contribution in [0.25, 0.3) is 0 Å². The van der Waals surface area contributed by atoms with E-state index in [1.165, 1.54) is 19.1 Å². The van der Waals surface area contributed by atoms with Crippen LogP contribution in [0.3, 0.4) is 0 Å². The number of carbonyl (C=O) groups is 6. The SMILES string of the molecule is CC(=O)O[C@H]1C(=O)[C@]2(C)CC[C@H]3OC[C@@]3(OC(C)=O)[C@H]2[C@H](OC(=O)c2ccccc2)[C@]2(O)C[C@H](OC(=O)[C@H](O)[C@@H](NC(=O)CC(C)(C)C)c3ccccc3)C(C)=C1C2(C)C. The Hall–Kier alpha value is -4.92. The molecule has 0 radical (unpaired) electrons. The zero-order valence-electron chi connectivity index (χ0n) is 35.7. The number of benzene rings is 2. The number of rotatable bonds is 10. The first kappa shape index (κ1) is 44.6. The first-order chi connectivity index (χ1) is 28.0. The predicted molar refractivity (Wildman–Crippen MR) is 215 cm³/mol. The van der Waals surface area contributed by atoms with Gasteiger partial charge in [-0.15, -0.1) is 0 Å². The van der Waals surface area contributed by atoms with Gasteiger partial charge >= 0.3 is 23.9 Å². The highest BCUT2D eigenvalue weighted by Crippen LogP contribution is 2.64. The number of hydrogen-bond acceptors (Lipinski definition) is 13. The van der Waals surface area contributed by atoms with E-state index in [2.05, 4.69) is 5.32 Å². The zero-order chi connectivity index (χ0) is 44.2. The molecule has 0 spiro atoms. The van der Waals surface area contributed by atoms with Crippen LogP contribution in [0.4, 0.5) is 0 Å². The minimum Gasteiger partial charge on any atom is -0.456 e. The summed E-state index contributed by atoms with van der Waals surface area (Å²) in [5, 5.41) is 28.2. The number of ketones is 1. The van der Waals surface area contributed by atoms with E-state index in [9.17, 15) is 34.2 Å². The number of nitrogens with one attached hydrogen (secondary N) is 1. The Morgan fingerprint density at radius 3 is 2.08 bits per heavy atom. The van der Waals surface area contributed by atoms with Crippen molar-refractivity contribution in [2.45, 2.75) is 136 Å². The lowest BCUT2D eigenvalue weighted by Crippen LogP contribution is -2.79. The number of ether oxygens (including phenoxy) is 5. The van der Waals surface area contributed by atoms with Gasteiger partial charge < -0.3 is 39.2 Å². The van der Waals surface area contributed by atoms with Gasteiger partial charge in [-0.1, -0.05) is 90.1 Å². The Labute approximate surface area is 350 Å². The number of aliphatic hydroxyl groups excluding tert-OH is 1. The van der Waals surface area contributed by atoms with Crippen LogP contribution < -0.4 is 5.32 Å². The molecule has 2 aromatic rings. The second-order valence-electron chi connectivity index (χ2n) is 18.7. The standard InChI is InChI=1S/C46H57NO13/c1-25-30(58-41(54)35(51)34(28-16-12-10-13-17-28)47-32(50)23-42(4,5)6)22-46(55)39(59-40(53)29-18-14-11-15-19-29)37-44(9,21-20-31-45(37,24-56-31)60-27(3)49)38(52)36(57-26(2)48)33(25)43(46,7)8/h10-19,30-31,34-37,39,51,55H,20-24H2,1-9H3,(H,47,50)/t30-,31+,34-,35+,36+,37-,39-,44+,45-,46+/m0/s1. The smallest absolute Gasteiger partial charge is 0.338 e. The molecule has 6 rings (SSSR count). The summed E-state index contributed by atoms with van der Waals surface area (Å²) < 4.78 is 30.6. The van der Waals surface area contributed by atoms with E-state index in [0.29, 0.717) is 5.56 Å². The molecule has 1 aliphatic heterocycles. The summed E-state index contributed by atoms with van der Waals surface area (Å²) in [6.07, 6.45) is -7.35. The predicted octanol–water partition coefficient (Wildman–Crippen LogP) is 4.89. The van der Waals surface area contributed by atoms with E-state index in [1.54, 1.807) is 76.2 Å². The summed E-state index contributed by atoms with van der Waals surface area (Å²) in [4.78, 5) is 83.0. The van der Waals surface area contributed by atoms with Crippen molar-refractivity contribution in [1.29, 1.82) is 0 Å². The van der Waals surface area contributed by atoms with Crippen LogP contribution >= 0.6 is 0 Å². The minimum absolute atomic E-state index is 0.0868. The minimum atomic E-state index is -2.25. The highest BCUT2D eigenvalue weighted by molar-refractivity contribution is 5.95. The van der Waals surface area contributed by atoms with Gasteiger partial charge in [-0.05, 0) is 54.0 Å². The molecule has 1 heterocycles. The molecule has 3 N–H and O–H groups in total. The van der Waals surface area contributed by atoms with Crippen molar-refractivity contribution >= 4 is 35.6 Å². The number of fused-ring (bicyclic) bond motifs is 5. The summed E-state index contributed by atoms with van der Waals surface area (Å²) >= 11 is 0. The van der Waals surface area contributed by atoms with Crippen LogP contribution in [0.5, 0.6) is 0 Å². The maximum absolute atomic E-state index is 15.4. The van der Waals surface area contributed by atoms with Crippen molar-refractivity contribution in [2.75, 3.05) is 6.61 Å². The molecular weight excluding hydrogens is 774 g/mol. The van der Waals surface area contributed by atoms with Gasteiger partial charge in [0.15, 0.2) is 23.6 Å². The highest BCUT2D eigenvalue weighted by Gasteiger charge is 2.76. The van der Waals surface area contributed by atoms with Crippen LogP contribution in [-0.2, 0) is 47.7 Å². The van der Waals surface area contributed by atoms with Gasteiger partial charge in [-0.25, -0.2) is 9.59 Å². The molecule has 0 unspecified atom stereocenters. The van der Waals surface area contributed by atoms with Crippen LogP contribution in [0.1, 0.15) is 110 Å². The lowest BCUT2D eigenvalue weighted by atomic mass is 9.45. The molecule has 1 amide bonds. The molecule has 3 fully saturated rings. The summed E-state index contributed by atoms with van der Waals surface area (Å²) in [6, 6.07) is 15.2. The third-order valence-electron chi connectivity index (χ3n) is 13.0. The number of Topliss-reactive ketones (excluding diaryl/α,β-unsaturated/α-hetero) is 1. The van der Waals surface area contributed by atoms with Gasteiger partial charge in [0, 0.05) is 37.5 Å². The van der Waals surface area contributed by atoms with E-state index in [0.717, 1.165) is 6.92 Å². The molecule has 4 aliphatic rings. The lowest BCUT2D eigenvalue weighted by molar-refractivity contribution is -0.332. The summed E-state index contributed by atoms with van der Waals surface area (Å²) in [5.41, 5.74) is -6.42. The third-order valence-corrected chi connectivity index (χ3v) is 13.0. The molecule has 2 saturated carbocycles. The van der Waals surface area contributed by atoms with Crippen molar-refractivity contribution in [2.24, 2.45) is 22.2 Å². The maximum atomic E-state index is 15.4. The van der Waals surface area contributed by atoms with E-state index < -0.39 is 112 Å². The summed E-state index contributed by atoms with van der Waals surface area (Å²) in [5.74, 6) is -5.79. The lowest BCUT2D eigenvalue weighted by Gasteiger charge is -2.66. The van der Waals surface area contributed by atoms with E-state index in [1.807, 2.05) is 20.8 Å². The Kier molecular flexibility index (Phi) is 12.0. The summed E-state index contributed by atoms with van der Waals surface area (Å²) in [6.45, 7) is 14.3.